The first kappa shape index (κ1) is 17.7. The Morgan fingerprint density at radius 3 is 2.23 bits per heavy atom. The summed E-state index contributed by atoms with van der Waals surface area (Å²) in [5, 5.41) is 9.96. The summed E-state index contributed by atoms with van der Waals surface area (Å²) >= 11 is 0. The van der Waals surface area contributed by atoms with E-state index in [1.807, 2.05) is 18.7 Å². The number of aliphatic hydroxyl groups excluding tert-OH is 1. The SMILES string of the molecule is CC(C)OCC(O)CN1CCN(CC(=O)N2CCCC2)CC1. The minimum absolute atomic E-state index is 0.156. The number of aliphatic hydroxyl groups is 1. The van der Waals surface area contributed by atoms with Crippen LogP contribution in [0.1, 0.15) is 26.7 Å². The van der Waals surface area contributed by atoms with Gasteiger partial charge < -0.3 is 14.7 Å². The predicted molar refractivity (Wildman–Crippen MR) is 85.8 cm³/mol. The normalized spacial score (nSPS) is 22.5. The van der Waals surface area contributed by atoms with Gasteiger partial charge in [-0.15, -0.1) is 0 Å². The van der Waals surface area contributed by atoms with E-state index >= 15 is 0 Å². The summed E-state index contributed by atoms with van der Waals surface area (Å²) in [4.78, 5) is 18.6. The lowest BCUT2D eigenvalue weighted by molar-refractivity contribution is -0.131. The highest BCUT2D eigenvalue weighted by atomic mass is 16.5. The zero-order chi connectivity index (χ0) is 15.9. The number of hydrogen-bond donors (Lipinski definition) is 1. The van der Waals surface area contributed by atoms with E-state index in [9.17, 15) is 9.90 Å². The van der Waals surface area contributed by atoms with E-state index in [0.717, 1.165) is 52.1 Å². The minimum Gasteiger partial charge on any atom is -0.389 e. The molecule has 2 aliphatic heterocycles. The van der Waals surface area contributed by atoms with Gasteiger partial charge >= 0.3 is 0 Å². The summed E-state index contributed by atoms with van der Waals surface area (Å²) < 4.78 is 5.44. The van der Waals surface area contributed by atoms with Crippen LogP contribution >= 0.6 is 0 Å². The molecule has 2 saturated heterocycles. The number of nitrogens with zero attached hydrogens (tertiary/aromatic N) is 3. The Labute approximate surface area is 134 Å². The Kier molecular flexibility index (Phi) is 7.08. The van der Waals surface area contributed by atoms with Crippen LogP contribution in [0.15, 0.2) is 0 Å². The zero-order valence-corrected chi connectivity index (χ0v) is 14.0. The molecule has 0 aromatic rings. The van der Waals surface area contributed by atoms with Gasteiger partial charge in [0.25, 0.3) is 0 Å². The summed E-state index contributed by atoms with van der Waals surface area (Å²) in [6.45, 7) is 11.0. The number of piperazine rings is 1. The van der Waals surface area contributed by atoms with Gasteiger partial charge in [-0.1, -0.05) is 0 Å². The van der Waals surface area contributed by atoms with Crippen molar-refractivity contribution in [3.63, 3.8) is 0 Å². The van der Waals surface area contributed by atoms with Crippen LogP contribution in [0.2, 0.25) is 0 Å². The van der Waals surface area contributed by atoms with Gasteiger partial charge in [-0.05, 0) is 26.7 Å². The van der Waals surface area contributed by atoms with Gasteiger partial charge in [0.05, 0.1) is 25.4 Å². The average Bonchev–Trinajstić information content (AvgIpc) is 3.01. The molecule has 22 heavy (non-hydrogen) atoms. The summed E-state index contributed by atoms with van der Waals surface area (Å²) in [6.07, 6.45) is 2.02. The lowest BCUT2D eigenvalue weighted by Crippen LogP contribution is -2.51. The third-order valence-electron chi connectivity index (χ3n) is 4.37. The number of carbonyl (C=O) groups excluding carboxylic acids is 1. The maximum atomic E-state index is 12.1. The summed E-state index contributed by atoms with van der Waals surface area (Å²) in [6, 6.07) is 0. The minimum atomic E-state index is -0.430. The van der Waals surface area contributed by atoms with Crippen LogP contribution in [0, 0.1) is 0 Å². The molecule has 2 rings (SSSR count). The van der Waals surface area contributed by atoms with E-state index in [2.05, 4.69) is 9.80 Å². The lowest BCUT2D eigenvalue weighted by atomic mass is 10.2. The van der Waals surface area contributed by atoms with Crippen LogP contribution in [0.25, 0.3) is 0 Å². The monoisotopic (exact) mass is 313 g/mol. The maximum Gasteiger partial charge on any atom is 0.236 e. The van der Waals surface area contributed by atoms with Crippen molar-refractivity contribution in [3.05, 3.63) is 0 Å². The van der Waals surface area contributed by atoms with Crippen LogP contribution in [0.5, 0.6) is 0 Å². The van der Waals surface area contributed by atoms with Crippen molar-refractivity contribution < 1.29 is 14.6 Å². The highest BCUT2D eigenvalue weighted by molar-refractivity contribution is 5.78. The van der Waals surface area contributed by atoms with E-state index in [0.29, 0.717) is 19.7 Å². The van der Waals surface area contributed by atoms with E-state index in [4.69, 9.17) is 4.74 Å². The first-order chi connectivity index (χ1) is 10.5. The second-order valence-corrected chi connectivity index (χ2v) is 6.70. The number of carbonyl (C=O) groups is 1. The maximum absolute atomic E-state index is 12.1. The van der Waals surface area contributed by atoms with E-state index in [-0.39, 0.29) is 12.0 Å². The van der Waals surface area contributed by atoms with Crippen LogP contribution in [-0.4, -0.2) is 96.9 Å². The summed E-state index contributed by atoms with van der Waals surface area (Å²) in [5.74, 6) is 0.274. The van der Waals surface area contributed by atoms with Gasteiger partial charge in [0, 0.05) is 45.8 Å². The molecule has 1 N–H and O–H groups in total. The van der Waals surface area contributed by atoms with Gasteiger partial charge in [0.2, 0.25) is 5.91 Å². The van der Waals surface area contributed by atoms with Crippen molar-refractivity contribution in [1.82, 2.24) is 14.7 Å². The predicted octanol–water partition coefficient (Wildman–Crippen LogP) is 0.0123. The van der Waals surface area contributed by atoms with Crippen molar-refractivity contribution in [2.45, 2.75) is 38.9 Å². The molecule has 0 aliphatic carbocycles. The fourth-order valence-electron chi connectivity index (χ4n) is 3.04. The standard InChI is InChI=1S/C16H31N3O3/c1-14(2)22-13-15(20)11-17-7-9-18(10-8-17)12-16(21)19-5-3-4-6-19/h14-15,20H,3-13H2,1-2H3. The second-order valence-electron chi connectivity index (χ2n) is 6.70. The van der Waals surface area contributed by atoms with Crippen molar-refractivity contribution in [2.24, 2.45) is 0 Å². The average molecular weight is 313 g/mol. The molecule has 1 amide bonds. The molecule has 0 spiro atoms. The number of hydrogen-bond acceptors (Lipinski definition) is 5. The van der Waals surface area contributed by atoms with Crippen LogP contribution < -0.4 is 0 Å². The van der Waals surface area contributed by atoms with Gasteiger partial charge in [-0.25, -0.2) is 0 Å². The highest BCUT2D eigenvalue weighted by Crippen LogP contribution is 2.09. The fraction of sp³-hybridized carbons (Fsp3) is 0.938. The highest BCUT2D eigenvalue weighted by Gasteiger charge is 2.24. The molecule has 2 fully saturated rings. The zero-order valence-electron chi connectivity index (χ0n) is 14.0. The van der Waals surface area contributed by atoms with E-state index in [1.54, 1.807) is 0 Å². The Morgan fingerprint density at radius 1 is 1.05 bits per heavy atom. The van der Waals surface area contributed by atoms with Crippen LogP contribution in [0.3, 0.4) is 0 Å². The summed E-state index contributed by atoms with van der Waals surface area (Å²) in [5.41, 5.74) is 0. The molecule has 1 unspecified atom stereocenters. The third-order valence-corrected chi connectivity index (χ3v) is 4.37. The number of amides is 1. The van der Waals surface area contributed by atoms with Crippen molar-refractivity contribution in [1.29, 1.82) is 0 Å². The molecule has 2 heterocycles. The molecule has 128 valence electrons. The number of rotatable bonds is 7. The Morgan fingerprint density at radius 2 is 1.64 bits per heavy atom. The van der Waals surface area contributed by atoms with Crippen LogP contribution in [-0.2, 0) is 9.53 Å². The topological polar surface area (TPSA) is 56.3 Å². The number of likely N-dealkylation sites (tertiary alicyclic amines) is 1. The van der Waals surface area contributed by atoms with Gasteiger partial charge in [0.1, 0.15) is 0 Å². The Balaban J connectivity index is 1.61. The molecule has 6 nitrogen and oxygen atoms in total. The second kappa shape index (κ2) is 8.82. The molecule has 0 bridgehead atoms. The first-order valence-electron chi connectivity index (χ1n) is 8.56. The first-order valence-corrected chi connectivity index (χ1v) is 8.56. The Bertz CT molecular complexity index is 338. The van der Waals surface area contributed by atoms with Gasteiger partial charge in [0.15, 0.2) is 0 Å². The lowest BCUT2D eigenvalue weighted by Gasteiger charge is -2.35. The van der Waals surface area contributed by atoms with Crippen molar-refractivity contribution >= 4 is 5.91 Å². The number of β-amino-alcohol motifs (C(OH)–C–C–N with tert-alkyl or cyclic N) is 1. The summed E-state index contributed by atoms with van der Waals surface area (Å²) in [7, 11) is 0. The molecular weight excluding hydrogens is 282 g/mol. The van der Waals surface area contributed by atoms with Crippen molar-refractivity contribution in [2.75, 3.05) is 59.0 Å². The number of ether oxygens (including phenoxy) is 1. The van der Waals surface area contributed by atoms with E-state index < -0.39 is 6.10 Å². The molecule has 6 heteroatoms. The van der Waals surface area contributed by atoms with Crippen molar-refractivity contribution in [3.8, 4) is 0 Å². The third kappa shape index (κ3) is 5.83. The molecule has 2 aliphatic rings. The quantitative estimate of drug-likeness (QED) is 0.718. The molecule has 1 atom stereocenters. The molecular formula is C16H31N3O3. The Hall–Kier alpha value is -0.690. The smallest absolute Gasteiger partial charge is 0.236 e. The van der Waals surface area contributed by atoms with Gasteiger partial charge in [-0.2, -0.15) is 0 Å². The molecule has 0 saturated carbocycles. The largest absolute Gasteiger partial charge is 0.389 e. The van der Waals surface area contributed by atoms with E-state index in [1.165, 1.54) is 0 Å². The molecule has 0 aromatic heterocycles. The molecule has 0 aromatic carbocycles. The fourth-order valence-corrected chi connectivity index (χ4v) is 3.04. The molecule has 0 radical (unpaired) electrons. The van der Waals surface area contributed by atoms with Gasteiger partial charge in [-0.3, -0.25) is 14.6 Å². The van der Waals surface area contributed by atoms with Crippen LogP contribution in [0.4, 0.5) is 0 Å².